The molecule has 73 heavy (non-hydrogen) atoms. The number of fused-ring (bicyclic) bond motifs is 4. The summed E-state index contributed by atoms with van der Waals surface area (Å²) >= 11 is 0. The maximum absolute atomic E-state index is 2.47. The van der Waals surface area contributed by atoms with Gasteiger partial charge in [0.15, 0.2) is 0 Å². The molecule has 0 bridgehead atoms. The van der Waals surface area contributed by atoms with Crippen molar-refractivity contribution in [1.29, 1.82) is 0 Å². The molecule has 0 radical (unpaired) electrons. The van der Waals surface area contributed by atoms with Gasteiger partial charge in [0, 0.05) is 34.0 Å². The van der Waals surface area contributed by atoms with E-state index in [1.807, 2.05) is 0 Å². The van der Waals surface area contributed by atoms with Gasteiger partial charge in [-0.1, -0.05) is 243 Å². The van der Waals surface area contributed by atoms with E-state index in [0.29, 0.717) is 0 Å². The van der Waals surface area contributed by atoms with Gasteiger partial charge in [-0.15, -0.1) is 0 Å². The van der Waals surface area contributed by atoms with Crippen molar-refractivity contribution in [3.8, 4) is 44.5 Å². The number of anilines is 6. The molecule has 0 heterocycles. The van der Waals surface area contributed by atoms with Crippen LogP contribution in [0.2, 0.25) is 0 Å². The van der Waals surface area contributed by atoms with E-state index in [-0.39, 0.29) is 0 Å². The average Bonchev–Trinajstić information content (AvgIpc) is 3.79. The highest BCUT2D eigenvalue weighted by molar-refractivity contribution is 6.05. The van der Waals surface area contributed by atoms with Crippen LogP contribution in [0.3, 0.4) is 0 Å². The molecular weight excluding hydrogens is 881 g/mol. The smallest absolute Gasteiger partial charge is 0.0714 e. The predicted octanol–water partition coefficient (Wildman–Crippen LogP) is 19.1. The van der Waals surface area contributed by atoms with Crippen molar-refractivity contribution in [2.24, 2.45) is 0 Å². The van der Waals surface area contributed by atoms with E-state index >= 15 is 0 Å². The van der Waals surface area contributed by atoms with Crippen molar-refractivity contribution in [2.45, 2.75) is 5.41 Å². The first-order valence-electron chi connectivity index (χ1n) is 25.2. The average molecular weight is 931 g/mol. The highest BCUT2D eigenvalue weighted by Crippen LogP contribution is 2.58. The minimum Gasteiger partial charge on any atom is -0.310 e. The van der Waals surface area contributed by atoms with Crippen LogP contribution < -0.4 is 9.80 Å². The monoisotopic (exact) mass is 930 g/mol. The number of benzene rings is 12. The number of nitrogens with zero attached hydrogens (tertiary/aromatic N) is 2. The maximum Gasteiger partial charge on any atom is 0.0714 e. The van der Waals surface area contributed by atoms with E-state index in [1.54, 1.807) is 0 Å². The van der Waals surface area contributed by atoms with Gasteiger partial charge in [0.25, 0.3) is 0 Å². The lowest BCUT2D eigenvalue weighted by Gasteiger charge is -2.35. The van der Waals surface area contributed by atoms with Crippen LogP contribution in [0.4, 0.5) is 34.1 Å². The van der Waals surface area contributed by atoms with E-state index in [9.17, 15) is 0 Å². The van der Waals surface area contributed by atoms with Gasteiger partial charge in [-0.3, -0.25) is 0 Å². The zero-order valence-electron chi connectivity index (χ0n) is 40.3. The quantitative estimate of drug-likeness (QED) is 0.128. The van der Waals surface area contributed by atoms with Crippen molar-refractivity contribution in [3.63, 3.8) is 0 Å². The van der Waals surface area contributed by atoms with Crippen LogP contribution in [0.5, 0.6) is 0 Å². The first-order chi connectivity index (χ1) is 36.2. The minimum absolute atomic E-state index is 0.569. The molecule has 13 rings (SSSR count). The SMILES string of the molecule is c1ccc(-c2ccccc2N(c2ccccc2)c2cc(-c3ccc4ccccc4c3-c3ccccc3)cc(N(c3ccccc3)c3ccc4c(c3)C(c3ccccc3)(c3ccccc3)c3ccccc3-4)c2)cc1. The summed E-state index contributed by atoms with van der Waals surface area (Å²) in [4.78, 5) is 4.91. The summed E-state index contributed by atoms with van der Waals surface area (Å²) < 4.78 is 0. The van der Waals surface area contributed by atoms with E-state index in [1.165, 1.54) is 55.3 Å². The largest absolute Gasteiger partial charge is 0.310 e. The summed E-state index contributed by atoms with van der Waals surface area (Å²) in [6.07, 6.45) is 0. The fourth-order valence-corrected chi connectivity index (χ4v) is 11.6. The van der Waals surface area contributed by atoms with Gasteiger partial charge >= 0.3 is 0 Å². The third-order valence-corrected chi connectivity index (χ3v) is 14.7. The Bertz CT molecular complexity index is 3850. The molecule has 0 unspecified atom stereocenters. The van der Waals surface area contributed by atoms with Crippen LogP contribution >= 0.6 is 0 Å². The summed E-state index contributed by atoms with van der Waals surface area (Å²) in [5.41, 5.74) is 20.2. The summed E-state index contributed by atoms with van der Waals surface area (Å²) in [6.45, 7) is 0. The standard InChI is InChI=1S/C71H50N2/c1-7-25-51(26-8-1)62-38-22-24-42-69(62)73(58-36-17-6-18-37-58)61-48-54(64-45-43-52-27-19-20-39-63(52)70(64)53-28-9-2-10-29-53)47-60(49-61)72(57-34-15-5-16-35-57)59-44-46-66-65-40-21-23-41-67(65)71(68(66)50-59,55-30-11-3-12-31-55)56-32-13-4-14-33-56/h1-50H. The predicted molar refractivity (Wildman–Crippen MR) is 307 cm³/mol. The number of hydrogen-bond donors (Lipinski definition) is 0. The van der Waals surface area contributed by atoms with Gasteiger partial charge in [-0.2, -0.15) is 0 Å². The fraction of sp³-hybridized carbons (Fsp3) is 0.0141. The molecule has 12 aromatic rings. The normalized spacial score (nSPS) is 12.2. The molecular formula is C71H50N2. The summed E-state index contributed by atoms with van der Waals surface area (Å²) in [5, 5.41) is 2.42. The molecule has 12 aromatic carbocycles. The van der Waals surface area contributed by atoms with Crippen molar-refractivity contribution in [1.82, 2.24) is 0 Å². The van der Waals surface area contributed by atoms with Crippen molar-refractivity contribution in [3.05, 3.63) is 326 Å². The molecule has 0 saturated heterocycles. The lowest BCUT2D eigenvalue weighted by Crippen LogP contribution is -2.28. The molecule has 1 aliphatic rings. The lowest BCUT2D eigenvalue weighted by molar-refractivity contribution is 0.768. The lowest BCUT2D eigenvalue weighted by atomic mass is 9.67. The van der Waals surface area contributed by atoms with Crippen LogP contribution in [0.1, 0.15) is 22.3 Å². The summed E-state index contributed by atoms with van der Waals surface area (Å²) in [7, 11) is 0. The van der Waals surface area contributed by atoms with Crippen LogP contribution in [0.15, 0.2) is 303 Å². The second-order valence-corrected chi connectivity index (χ2v) is 18.8. The molecule has 344 valence electrons. The molecule has 0 saturated carbocycles. The van der Waals surface area contributed by atoms with Gasteiger partial charge in [0.05, 0.1) is 11.1 Å². The fourth-order valence-electron chi connectivity index (χ4n) is 11.6. The number of rotatable bonds is 11. The second kappa shape index (κ2) is 18.7. The Morgan fingerprint density at radius 2 is 0.726 bits per heavy atom. The Balaban J connectivity index is 1.12. The number of hydrogen-bond acceptors (Lipinski definition) is 2. The molecule has 2 heteroatoms. The van der Waals surface area contributed by atoms with Gasteiger partial charge < -0.3 is 9.80 Å². The van der Waals surface area contributed by atoms with Gasteiger partial charge in [0.2, 0.25) is 0 Å². The van der Waals surface area contributed by atoms with Crippen molar-refractivity contribution >= 4 is 44.9 Å². The Kier molecular flexibility index (Phi) is 11.1. The van der Waals surface area contributed by atoms with E-state index in [4.69, 9.17) is 0 Å². The molecule has 2 nitrogen and oxygen atoms in total. The van der Waals surface area contributed by atoms with E-state index < -0.39 is 5.41 Å². The van der Waals surface area contributed by atoms with E-state index in [0.717, 1.165) is 56.4 Å². The summed E-state index contributed by atoms with van der Waals surface area (Å²) in [6, 6.07) is 111. The maximum atomic E-state index is 2.47. The molecule has 0 amide bonds. The van der Waals surface area contributed by atoms with Gasteiger partial charge in [-0.05, 0) is 133 Å². The van der Waals surface area contributed by atoms with E-state index in [2.05, 4.69) is 313 Å². The zero-order valence-corrected chi connectivity index (χ0v) is 40.3. The van der Waals surface area contributed by atoms with Crippen LogP contribution in [-0.2, 0) is 5.41 Å². The van der Waals surface area contributed by atoms with Crippen LogP contribution in [0, 0.1) is 0 Å². The van der Waals surface area contributed by atoms with Crippen LogP contribution in [-0.4, -0.2) is 0 Å². The molecule has 0 N–H and O–H groups in total. The third kappa shape index (κ3) is 7.60. The Hall–Kier alpha value is -9.50. The highest BCUT2D eigenvalue weighted by atomic mass is 15.2. The molecule has 0 fully saturated rings. The second-order valence-electron chi connectivity index (χ2n) is 18.8. The first-order valence-corrected chi connectivity index (χ1v) is 25.2. The Labute approximate surface area is 428 Å². The summed E-state index contributed by atoms with van der Waals surface area (Å²) in [5.74, 6) is 0. The van der Waals surface area contributed by atoms with Gasteiger partial charge in [0.1, 0.15) is 0 Å². The molecule has 0 spiro atoms. The molecule has 1 aliphatic carbocycles. The third-order valence-electron chi connectivity index (χ3n) is 14.7. The minimum atomic E-state index is -0.569. The topological polar surface area (TPSA) is 6.48 Å². The molecule has 0 atom stereocenters. The Morgan fingerprint density at radius 1 is 0.247 bits per heavy atom. The first kappa shape index (κ1) is 43.5. The number of para-hydroxylation sites is 3. The van der Waals surface area contributed by atoms with Crippen molar-refractivity contribution < 1.29 is 0 Å². The zero-order chi connectivity index (χ0) is 48.6. The van der Waals surface area contributed by atoms with Gasteiger partial charge in [-0.25, -0.2) is 0 Å². The Morgan fingerprint density at radius 3 is 1.38 bits per heavy atom. The highest BCUT2D eigenvalue weighted by Gasteiger charge is 2.46. The molecule has 0 aliphatic heterocycles. The van der Waals surface area contributed by atoms with Crippen molar-refractivity contribution in [2.75, 3.05) is 9.80 Å². The molecule has 0 aromatic heterocycles. The van der Waals surface area contributed by atoms with Crippen LogP contribution in [0.25, 0.3) is 55.3 Å².